The van der Waals surface area contributed by atoms with Gasteiger partial charge in [0.25, 0.3) is 0 Å². The van der Waals surface area contributed by atoms with E-state index in [1.54, 1.807) is 6.33 Å². The molecule has 1 aromatic heterocycles. The number of aromatic nitrogens is 2. The molecule has 2 saturated heterocycles. The molecule has 0 bridgehead atoms. The van der Waals surface area contributed by atoms with Gasteiger partial charge in [-0.3, -0.25) is 0 Å². The van der Waals surface area contributed by atoms with E-state index in [0.717, 1.165) is 37.4 Å². The number of aryl methyl sites for hydroxylation is 1. The molecule has 2 aliphatic heterocycles. The summed E-state index contributed by atoms with van der Waals surface area (Å²) in [4.78, 5) is 13.0. The van der Waals surface area contributed by atoms with Gasteiger partial charge in [-0.25, -0.2) is 18.4 Å². The molecule has 0 amide bonds. The summed E-state index contributed by atoms with van der Waals surface area (Å²) in [6.45, 7) is 4.87. The van der Waals surface area contributed by atoms with E-state index >= 15 is 0 Å². The van der Waals surface area contributed by atoms with Crippen molar-refractivity contribution in [2.75, 3.05) is 50.9 Å². The highest BCUT2D eigenvalue weighted by Crippen LogP contribution is 2.27. The highest BCUT2D eigenvalue weighted by molar-refractivity contribution is 7.88. The third kappa shape index (κ3) is 4.51. The van der Waals surface area contributed by atoms with Crippen LogP contribution in [0.25, 0.3) is 0 Å². The molecule has 9 heteroatoms. The van der Waals surface area contributed by atoms with Gasteiger partial charge in [-0.2, -0.15) is 4.31 Å². The molecule has 1 aromatic rings. The van der Waals surface area contributed by atoms with E-state index in [-0.39, 0.29) is 6.54 Å². The number of anilines is 1. The zero-order valence-corrected chi connectivity index (χ0v) is 16.6. The van der Waals surface area contributed by atoms with E-state index in [4.69, 9.17) is 0 Å². The average Bonchev–Trinajstić information content (AvgIpc) is 2.97. The molecule has 0 spiro atoms. The maximum absolute atomic E-state index is 11.7. The number of aliphatic hydroxyl groups is 1. The van der Waals surface area contributed by atoms with Crippen LogP contribution in [0.2, 0.25) is 0 Å². The van der Waals surface area contributed by atoms with Gasteiger partial charge in [0.1, 0.15) is 12.1 Å². The summed E-state index contributed by atoms with van der Waals surface area (Å²) in [7, 11) is -1.17. The van der Waals surface area contributed by atoms with Crippen molar-refractivity contribution in [3.63, 3.8) is 0 Å². The zero-order valence-electron chi connectivity index (χ0n) is 15.8. The van der Waals surface area contributed by atoms with E-state index in [0.29, 0.717) is 25.6 Å². The molecular weight excluding hydrogens is 354 g/mol. The number of likely N-dealkylation sites (tertiary alicyclic amines) is 1. The van der Waals surface area contributed by atoms with Crippen LogP contribution in [0.15, 0.2) is 12.4 Å². The predicted octanol–water partition coefficient (Wildman–Crippen LogP) is 0.0820. The van der Waals surface area contributed by atoms with Gasteiger partial charge in [-0.1, -0.05) is 0 Å². The van der Waals surface area contributed by atoms with Gasteiger partial charge in [0, 0.05) is 57.6 Å². The zero-order chi connectivity index (χ0) is 18.9. The fourth-order valence-corrected chi connectivity index (χ4v) is 4.83. The molecule has 1 N–H and O–H groups in total. The van der Waals surface area contributed by atoms with Crippen LogP contribution in [0.3, 0.4) is 0 Å². The van der Waals surface area contributed by atoms with Crippen molar-refractivity contribution < 1.29 is 13.5 Å². The van der Waals surface area contributed by atoms with Crippen LogP contribution in [0.1, 0.15) is 25.0 Å². The van der Waals surface area contributed by atoms with Crippen LogP contribution >= 0.6 is 0 Å². The molecule has 3 heterocycles. The maximum atomic E-state index is 11.7. The largest absolute Gasteiger partial charge is 0.387 e. The summed E-state index contributed by atoms with van der Waals surface area (Å²) in [5.41, 5.74) is 0.0177. The quantitative estimate of drug-likeness (QED) is 0.770. The lowest BCUT2D eigenvalue weighted by Crippen LogP contribution is -2.50. The van der Waals surface area contributed by atoms with Gasteiger partial charge >= 0.3 is 0 Å². The summed E-state index contributed by atoms with van der Waals surface area (Å²) < 4.78 is 24.7. The van der Waals surface area contributed by atoms with Crippen molar-refractivity contribution in [3.8, 4) is 0 Å². The lowest BCUT2D eigenvalue weighted by Gasteiger charge is -2.39. The molecule has 1 unspecified atom stereocenters. The second-order valence-corrected chi connectivity index (χ2v) is 9.69. The summed E-state index contributed by atoms with van der Waals surface area (Å²) in [6, 6.07) is 2.40. The third-order valence-electron chi connectivity index (χ3n) is 5.54. The molecule has 0 saturated carbocycles. The number of nitrogens with zero attached hydrogens (tertiary/aromatic N) is 5. The first-order chi connectivity index (χ1) is 12.2. The predicted molar refractivity (Wildman–Crippen MR) is 101 cm³/mol. The van der Waals surface area contributed by atoms with Gasteiger partial charge in [0.2, 0.25) is 10.0 Å². The van der Waals surface area contributed by atoms with Gasteiger partial charge in [0.15, 0.2) is 0 Å². The maximum Gasteiger partial charge on any atom is 0.211 e. The number of piperidine rings is 1. The molecule has 146 valence electrons. The highest BCUT2D eigenvalue weighted by atomic mass is 32.2. The molecular formula is C17H29N5O3S. The molecule has 0 radical (unpaired) electrons. The van der Waals surface area contributed by atoms with Crippen LogP contribution in [-0.4, -0.2) is 90.4 Å². The standard InChI is InChI=1S/C17H29N5O3S/c1-14-10-16(19-13-18-14)20(2)15-4-7-21(8-5-15)11-17(23)6-9-22(12-17)26(3,24)25/h10,13,15,23H,4-9,11-12H2,1-3H3. The lowest BCUT2D eigenvalue weighted by molar-refractivity contribution is 0.00997. The first kappa shape index (κ1) is 19.5. The Morgan fingerprint density at radius 1 is 1.31 bits per heavy atom. The summed E-state index contributed by atoms with van der Waals surface area (Å²) in [6.07, 6.45) is 5.28. The molecule has 8 nitrogen and oxygen atoms in total. The van der Waals surface area contributed by atoms with Crippen LogP contribution < -0.4 is 4.90 Å². The normalized spacial score (nSPS) is 26.3. The fourth-order valence-electron chi connectivity index (χ4n) is 3.93. The summed E-state index contributed by atoms with van der Waals surface area (Å²) in [5, 5.41) is 10.8. The SMILES string of the molecule is Cc1cc(N(C)C2CCN(CC3(O)CCN(S(C)(=O)=O)C3)CC2)ncn1. The molecule has 1 atom stereocenters. The minimum atomic E-state index is -3.23. The van der Waals surface area contributed by atoms with Crippen LogP contribution in [0.5, 0.6) is 0 Å². The number of hydrogen-bond donors (Lipinski definition) is 1. The van der Waals surface area contributed by atoms with Gasteiger partial charge < -0.3 is 14.9 Å². The van der Waals surface area contributed by atoms with Crippen molar-refractivity contribution >= 4 is 15.8 Å². The Hall–Kier alpha value is -1.29. The second-order valence-electron chi connectivity index (χ2n) is 7.71. The Kier molecular flexibility index (Phi) is 5.53. The number of rotatable bonds is 5. The Labute approximate surface area is 155 Å². The summed E-state index contributed by atoms with van der Waals surface area (Å²) in [5.74, 6) is 0.939. The van der Waals surface area contributed by atoms with Crippen molar-refractivity contribution in [3.05, 3.63) is 18.1 Å². The van der Waals surface area contributed by atoms with E-state index in [2.05, 4.69) is 26.8 Å². The highest BCUT2D eigenvalue weighted by Gasteiger charge is 2.41. The van der Waals surface area contributed by atoms with Crippen LogP contribution in [-0.2, 0) is 10.0 Å². The number of sulfonamides is 1. The Morgan fingerprint density at radius 2 is 2.00 bits per heavy atom. The second kappa shape index (κ2) is 7.38. The van der Waals surface area contributed by atoms with E-state index in [1.165, 1.54) is 10.6 Å². The van der Waals surface area contributed by atoms with Crippen LogP contribution in [0, 0.1) is 6.92 Å². The first-order valence-corrected chi connectivity index (χ1v) is 10.9. The van der Waals surface area contributed by atoms with E-state index < -0.39 is 15.6 Å². The van der Waals surface area contributed by atoms with Crippen LogP contribution in [0.4, 0.5) is 5.82 Å². The van der Waals surface area contributed by atoms with Crippen molar-refractivity contribution in [1.82, 2.24) is 19.2 Å². The van der Waals surface area contributed by atoms with E-state index in [1.807, 2.05) is 13.0 Å². The third-order valence-corrected chi connectivity index (χ3v) is 6.79. The molecule has 0 aliphatic carbocycles. The smallest absolute Gasteiger partial charge is 0.211 e. The monoisotopic (exact) mass is 383 g/mol. The minimum absolute atomic E-state index is 0.200. The van der Waals surface area contributed by atoms with E-state index in [9.17, 15) is 13.5 Å². The molecule has 2 aliphatic rings. The van der Waals surface area contributed by atoms with Gasteiger partial charge in [-0.15, -0.1) is 0 Å². The molecule has 3 rings (SSSR count). The topological polar surface area (TPSA) is 89.9 Å². The molecule has 2 fully saturated rings. The number of β-amino-alcohol motifs (C(OH)–C–C–N with tert-alkyl or cyclic N) is 1. The minimum Gasteiger partial charge on any atom is -0.387 e. The van der Waals surface area contributed by atoms with Gasteiger partial charge in [0.05, 0.1) is 11.9 Å². The fraction of sp³-hybridized carbons (Fsp3) is 0.765. The Morgan fingerprint density at radius 3 is 2.58 bits per heavy atom. The van der Waals surface area contributed by atoms with Crippen molar-refractivity contribution in [2.24, 2.45) is 0 Å². The number of hydrogen-bond acceptors (Lipinski definition) is 7. The summed E-state index contributed by atoms with van der Waals surface area (Å²) >= 11 is 0. The molecule has 26 heavy (non-hydrogen) atoms. The van der Waals surface area contributed by atoms with Gasteiger partial charge in [-0.05, 0) is 26.2 Å². The Bertz CT molecular complexity index is 736. The lowest BCUT2D eigenvalue weighted by atomic mass is 9.98. The molecule has 0 aromatic carbocycles. The Balaban J connectivity index is 1.53. The average molecular weight is 384 g/mol. The van der Waals surface area contributed by atoms with Crippen molar-refractivity contribution in [2.45, 2.75) is 37.8 Å². The van der Waals surface area contributed by atoms with Crippen molar-refractivity contribution in [1.29, 1.82) is 0 Å². The first-order valence-electron chi connectivity index (χ1n) is 9.08.